The van der Waals surface area contributed by atoms with Gasteiger partial charge in [-0.3, -0.25) is 4.79 Å². The fourth-order valence-corrected chi connectivity index (χ4v) is 2.93. The van der Waals surface area contributed by atoms with E-state index in [0.717, 1.165) is 31.4 Å². The summed E-state index contributed by atoms with van der Waals surface area (Å²) in [6.07, 6.45) is 3.94. The maximum absolute atomic E-state index is 12.7. The van der Waals surface area contributed by atoms with E-state index in [1.165, 1.54) is 5.56 Å². The lowest BCUT2D eigenvalue weighted by Crippen LogP contribution is -2.40. The van der Waals surface area contributed by atoms with Gasteiger partial charge in [0.2, 0.25) is 5.91 Å². The molecule has 0 heterocycles. The smallest absolute Gasteiger partial charge is 0.230 e. The second kappa shape index (κ2) is 6.20. The number of nitrogens with two attached hydrogens (primary N) is 1. The molecule has 2 unspecified atom stereocenters. The third-order valence-electron chi connectivity index (χ3n) is 3.96. The molecular weight excluding hydrogens is 236 g/mol. The van der Waals surface area contributed by atoms with Gasteiger partial charge in [0.05, 0.1) is 0 Å². The minimum Gasteiger partial charge on any atom is -0.328 e. The number of hydrogen-bond acceptors (Lipinski definition) is 2. The summed E-state index contributed by atoms with van der Waals surface area (Å²) in [7, 11) is 0. The third-order valence-corrected chi connectivity index (χ3v) is 3.96. The van der Waals surface area contributed by atoms with Crippen molar-refractivity contribution in [3.63, 3.8) is 0 Å². The molecule has 2 N–H and O–H groups in total. The zero-order chi connectivity index (χ0) is 13.8. The Bertz CT molecular complexity index is 444. The molecule has 0 aromatic heterocycles. The number of rotatable bonds is 3. The van der Waals surface area contributed by atoms with Gasteiger partial charge in [-0.1, -0.05) is 18.6 Å². The largest absolute Gasteiger partial charge is 0.328 e. The zero-order valence-corrected chi connectivity index (χ0v) is 11.9. The van der Waals surface area contributed by atoms with Crippen molar-refractivity contribution in [2.45, 2.75) is 45.6 Å². The van der Waals surface area contributed by atoms with E-state index in [9.17, 15) is 4.79 Å². The molecule has 1 fully saturated rings. The molecule has 3 heteroatoms. The van der Waals surface area contributed by atoms with E-state index >= 15 is 0 Å². The molecule has 0 saturated heterocycles. The monoisotopic (exact) mass is 260 g/mol. The van der Waals surface area contributed by atoms with Crippen LogP contribution >= 0.6 is 0 Å². The van der Waals surface area contributed by atoms with E-state index in [1.807, 2.05) is 24.0 Å². The van der Waals surface area contributed by atoms with Crippen molar-refractivity contribution in [1.82, 2.24) is 0 Å². The van der Waals surface area contributed by atoms with Gasteiger partial charge < -0.3 is 10.6 Å². The molecule has 1 amide bonds. The van der Waals surface area contributed by atoms with E-state index in [-0.39, 0.29) is 17.9 Å². The van der Waals surface area contributed by atoms with Crippen LogP contribution in [0.25, 0.3) is 0 Å². The zero-order valence-electron chi connectivity index (χ0n) is 11.9. The van der Waals surface area contributed by atoms with Crippen LogP contribution in [0.4, 0.5) is 5.69 Å². The van der Waals surface area contributed by atoms with Crippen molar-refractivity contribution >= 4 is 11.6 Å². The van der Waals surface area contributed by atoms with Crippen molar-refractivity contribution in [3.8, 4) is 0 Å². The number of carbonyl (C=O) groups excluding carboxylic acids is 1. The fraction of sp³-hybridized carbons (Fsp3) is 0.562. The van der Waals surface area contributed by atoms with Crippen LogP contribution in [-0.2, 0) is 4.79 Å². The van der Waals surface area contributed by atoms with Crippen molar-refractivity contribution < 1.29 is 4.79 Å². The van der Waals surface area contributed by atoms with Crippen LogP contribution in [0.3, 0.4) is 0 Å². The summed E-state index contributed by atoms with van der Waals surface area (Å²) in [5, 5.41) is 0. The van der Waals surface area contributed by atoms with E-state index in [1.54, 1.807) is 0 Å². The molecule has 1 aromatic carbocycles. The van der Waals surface area contributed by atoms with Crippen LogP contribution in [0.15, 0.2) is 24.3 Å². The van der Waals surface area contributed by atoms with Gasteiger partial charge in [0.25, 0.3) is 0 Å². The Hall–Kier alpha value is -1.35. The van der Waals surface area contributed by atoms with Crippen molar-refractivity contribution in [3.05, 3.63) is 29.8 Å². The number of hydrogen-bond donors (Lipinski definition) is 1. The maximum Gasteiger partial charge on any atom is 0.230 e. The summed E-state index contributed by atoms with van der Waals surface area (Å²) in [4.78, 5) is 14.6. The topological polar surface area (TPSA) is 46.3 Å². The van der Waals surface area contributed by atoms with E-state index in [4.69, 9.17) is 5.73 Å². The van der Waals surface area contributed by atoms with Gasteiger partial charge in [-0.25, -0.2) is 0 Å². The van der Waals surface area contributed by atoms with E-state index in [0.29, 0.717) is 6.54 Å². The molecule has 2 rings (SSSR count). The molecule has 104 valence electrons. The standard InChI is InChI=1S/C16H24N2O/c1-3-18(15-9-4-6-12(2)10-15)16(19)13-7-5-8-14(17)11-13/h4,6,9-10,13-14H,3,5,7-8,11,17H2,1-2H3. The Morgan fingerprint density at radius 2 is 2.21 bits per heavy atom. The Morgan fingerprint density at radius 3 is 2.84 bits per heavy atom. The van der Waals surface area contributed by atoms with Crippen molar-refractivity contribution in [2.24, 2.45) is 11.7 Å². The summed E-state index contributed by atoms with van der Waals surface area (Å²) in [6, 6.07) is 8.34. The lowest BCUT2D eigenvalue weighted by Gasteiger charge is -2.31. The summed E-state index contributed by atoms with van der Waals surface area (Å²) < 4.78 is 0. The summed E-state index contributed by atoms with van der Waals surface area (Å²) in [6.45, 7) is 4.80. The van der Waals surface area contributed by atoms with Crippen molar-refractivity contribution in [2.75, 3.05) is 11.4 Å². The Balaban J connectivity index is 2.15. The Labute approximate surface area is 115 Å². The molecular formula is C16H24N2O. The second-order valence-corrected chi connectivity index (χ2v) is 5.55. The molecule has 2 atom stereocenters. The third kappa shape index (κ3) is 3.35. The van der Waals surface area contributed by atoms with Crippen LogP contribution in [0.2, 0.25) is 0 Å². The summed E-state index contributed by atoms with van der Waals surface area (Å²) in [5.74, 6) is 0.340. The van der Waals surface area contributed by atoms with Crippen molar-refractivity contribution in [1.29, 1.82) is 0 Å². The average molecular weight is 260 g/mol. The molecule has 19 heavy (non-hydrogen) atoms. The van der Waals surface area contributed by atoms with Gasteiger partial charge in [0.1, 0.15) is 0 Å². The average Bonchev–Trinajstić information content (AvgIpc) is 2.39. The highest BCUT2D eigenvalue weighted by Gasteiger charge is 2.29. The highest BCUT2D eigenvalue weighted by molar-refractivity contribution is 5.95. The van der Waals surface area contributed by atoms with Crippen LogP contribution < -0.4 is 10.6 Å². The van der Waals surface area contributed by atoms with Crippen LogP contribution in [-0.4, -0.2) is 18.5 Å². The predicted molar refractivity (Wildman–Crippen MR) is 79.1 cm³/mol. The van der Waals surface area contributed by atoms with Crippen LogP contribution in [0, 0.1) is 12.8 Å². The first-order valence-electron chi connectivity index (χ1n) is 7.25. The maximum atomic E-state index is 12.7. The molecule has 1 aromatic rings. The molecule has 0 radical (unpaired) electrons. The summed E-state index contributed by atoms with van der Waals surface area (Å²) in [5.41, 5.74) is 8.19. The fourth-order valence-electron chi connectivity index (χ4n) is 2.93. The van der Waals surface area contributed by atoms with Gasteiger partial charge in [0, 0.05) is 24.2 Å². The highest BCUT2D eigenvalue weighted by atomic mass is 16.2. The molecule has 3 nitrogen and oxygen atoms in total. The molecule has 0 aliphatic heterocycles. The summed E-state index contributed by atoms with van der Waals surface area (Å²) >= 11 is 0. The first kappa shape index (κ1) is 14.1. The lowest BCUT2D eigenvalue weighted by molar-refractivity contribution is -0.123. The SMILES string of the molecule is CCN(C(=O)C1CCCC(N)C1)c1cccc(C)c1. The minimum absolute atomic E-state index is 0.101. The van der Waals surface area contributed by atoms with Gasteiger partial charge >= 0.3 is 0 Å². The predicted octanol–water partition coefficient (Wildman–Crippen LogP) is 2.87. The second-order valence-electron chi connectivity index (χ2n) is 5.55. The van der Waals surface area contributed by atoms with Gasteiger partial charge in [-0.05, 0) is 50.8 Å². The van der Waals surface area contributed by atoms with Crippen LogP contribution in [0.1, 0.15) is 38.2 Å². The van der Waals surface area contributed by atoms with Crippen LogP contribution in [0.5, 0.6) is 0 Å². The van der Waals surface area contributed by atoms with Gasteiger partial charge in [0.15, 0.2) is 0 Å². The number of anilines is 1. The number of amides is 1. The minimum atomic E-state index is 0.101. The first-order valence-corrected chi connectivity index (χ1v) is 7.25. The normalized spacial score (nSPS) is 23.1. The molecule has 1 aliphatic rings. The Morgan fingerprint density at radius 1 is 1.42 bits per heavy atom. The van der Waals surface area contributed by atoms with Gasteiger partial charge in [-0.15, -0.1) is 0 Å². The number of nitrogens with zero attached hydrogens (tertiary/aromatic N) is 1. The molecule has 1 saturated carbocycles. The van der Waals surface area contributed by atoms with Gasteiger partial charge in [-0.2, -0.15) is 0 Å². The Kier molecular flexibility index (Phi) is 4.59. The van der Waals surface area contributed by atoms with E-state index < -0.39 is 0 Å². The molecule has 0 spiro atoms. The van der Waals surface area contributed by atoms with E-state index in [2.05, 4.69) is 19.1 Å². The highest BCUT2D eigenvalue weighted by Crippen LogP contribution is 2.27. The molecule has 0 bridgehead atoms. The number of benzene rings is 1. The first-order chi connectivity index (χ1) is 9.11. The lowest BCUT2D eigenvalue weighted by atomic mass is 9.85. The molecule has 1 aliphatic carbocycles. The number of aryl methyl sites for hydroxylation is 1. The number of carbonyl (C=O) groups is 1. The quantitative estimate of drug-likeness (QED) is 0.908.